The van der Waals surface area contributed by atoms with Crippen molar-refractivity contribution in [1.82, 2.24) is 9.55 Å². The molecule has 0 unspecified atom stereocenters. The molecule has 1 aromatic rings. The highest BCUT2D eigenvalue weighted by Gasteiger charge is 2.00. The van der Waals surface area contributed by atoms with Gasteiger partial charge in [-0.2, -0.15) is 0 Å². The number of nitrogens with zero attached hydrogens (tertiary/aromatic N) is 3. The van der Waals surface area contributed by atoms with Crippen LogP contribution in [0.1, 0.15) is 33.0 Å². The van der Waals surface area contributed by atoms with E-state index in [1.54, 1.807) is 0 Å². The van der Waals surface area contributed by atoms with Crippen LogP contribution in [-0.4, -0.2) is 21.0 Å². The van der Waals surface area contributed by atoms with Gasteiger partial charge in [-0.3, -0.25) is 0 Å². The van der Waals surface area contributed by atoms with E-state index in [0.717, 1.165) is 12.4 Å². The molecule has 0 aliphatic carbocycles. The van der Waals surface area contributed by atoms with Crippen molar-refractivity contribution in [3.63, 3.8) is 0 Å². The van der Waals surface area contributed by atoms with Crippen LogP contribution in [0.4, 0.5) is 0 Å². The molecule has 0 atom stereocenters. The molecule has 0 fully saturated rings. The minimum atomic E-state index is 0.672. The second-order valence-electron chi connectivity index (χ2n) is 4.56. The van der Waals surface area contributed by atoms with Gasteiger partial charge in [-0.15, -0.1) is 5.16 Å². The van der Waals surface area contributed by atoms with E-state index in [4.69, 9.17) is 5.21 Å². The molecule has 18 heavy (non-hydrogen) atoms. The Balaban J connectivity index is 2.76. The maximum absolute atomic E-state index is 8.38. The zero-order valence-corrected chi connectivity index (χ0v) is 11.5. The van der Waals surface area contributed by atoms with Gasteiger partial charge in [0.2, 0.25) is 0 Å². The first-order valence-electron chi connectivity index (χ1n) is 6.01. The summed E-state index contributed by atoms with van der Waals surface area (Å²) in [5.74, 6) is 1.02. The largest absolute Gasteiger partial charge is 0.411 e. The summed E-state index contributed by atoms with van der Waals surface area (Å²) in [7, 11) is 0. The van der Waals surface area contributed by atoms with Crippen molar-refractivity contribution < 1.29 is 5.21 Å². The van der Waals surface area contributed by atoms with Crippen molar-refractivity contribution >= 4 is 6.21 Å². The summed E-state index contributed by atoms with van der Waals surface area (Å²) in [5, 5.41) is 11.4. The molecule has 4 heteroatoms. The van der Waals surface area contributed by atoms with E-state index in [-0.39, 0.29) is 0 Å². The number of allylic oxidation sites excluding steroid dienone is 4. The minimum Gasteiger partial charge on any atom is -0.411 e. The Morgan fingerprint density at radius 1 is 1.44 bits per heavy atom. The minimum absolute atomic E-state index is 0.672. The van der Waals surface area contributed by atoms with Gasteiger partial charge in [-0.1, -0.05) is 22.8 Å². The van der Waals surface area contributed by atoms with Gasteiger partial charge in [-0.25, -0.2) is 4.98 Å². The van der Waals surface area contributed by atoms with Crippen molar-refractivity contribution in [2.24, 2.45) is 5.16 Å². The standard InChI is InChI=1S/C14H21N3O/c1-11(5-6-16-18)9-12(2)13(3)10-17-8-7-15-14(17)4/h6-9,18H,5,10H2,1-4H3/b11-9-,13-12+,16-6+. The van der Waals surface area contributed by atoms with E-state index in [2.05, 4.69) is 34.6 Å². The second kappa shape index (κ2) is 6.79. The molecule has 0 aromatic carbocycles. The molecular formula is C14H21N3O. The van der Waals surface area contributed by atoms with Crippen LogP contribution in [0.3, 0.4) is 0 Å². The maximum Gasteiger partial charge on any atom is 0.105 e. The third kappa shape index (κ3) is 4.20. The van der Waals surface area contributed by atoms with Crippen molar-refractivity contribution in [3.05, 3.63) is 41.0 Å². The SMILES string of the molecule is C/C(=C/C(C)=C(\C)Cn1ccnc1C)C/C=N/O. The normalized spacial score (nSPS) is 14.1. The number of hydrogen-bond acceptors (Lipinski definition) is 3. The van der Waals surface area contributed by atoms with Gasteiger partial charge in [0, 0.05) is 31.6 Å². The van der Waals surface area contributed by atoms with Crippen LogP contribution in [-0.2, 0) is 6.54 Å². The molecule has 1 heterocycles. The zero-order chi connectivity index (χ0) is 13.5. The molecule has 0 amide bonds. The first-order chi connectivity index (χ1) is 8.54. The average molecular weight is 247 g/mol. The third-order valence-corrected chi connectivity index (χ3v) is 2.96. The van der Waals surface area contributed by atoms with Crippen LogP contribution in [0.5, 0.6) is 0 Å². The highest BCUT2D eigenvalue weighted by Crippen LogP contribution is 2.12. The quantitative estimate of drug-likeness (QED) is 0.375. The molecule has 0 saturated heterocycles. The van der Waals surface area contributed by atoms with Crippen LogP contribution in [0.25, 0.3) is 0 Å². The Labute approximate surface area is 108 Å². The van der Waals surface area contributed by atoms with E-state index >= 15 is 0 Å². The first kappa shape index (κ1) is 14.2. The molecule has 0 aliphatic heterocycles. The number of aromatic nitrogens is 2. The van der Waals surface area contributed by atoms with E-state index < -0.39 is 0 Å². The molecule has 98 valence electrons. The number of aryl methyl sites for hydroxylation is 1. The summed E-state index contributed by atoms with van der Waals surface area (Å²) < 4.78 is 2.12. The smallest absolute Gasteiger partial charge is 0.105 e. The Kier molecular flexibility index (Phi) is 5.36. The van der Waals surface area contributed by atoms with E-state index in [1.165, 1.54) is 22.9 Å². The van der Waals surface area contributed by atoms with E-state index in [0.29, 0.717) is 6.42 Å². The Bertz CT molecular complexity index is 481. The molecule has 0 radical (unpaired) electrons. The lowest BCUT2D eigenvalue weighted by atomic mass is 10.1. The number of oxime groups is 1. The summed E-state index contributed by atoms with van der Waals surface area (Å²) in [5.41, 5.74) is 3.72. The lowest BCUT2D eigenvalue weighted by molar-refractivity contribution is 0.321. The predicted octanol–water partition coefficient (Wildman–Crippen LogP) is 3.32. The summed E-state index contributed by atoms with van der Waals surface area (Å²) in [6.45, 7) is 9.11. The summed E-state index contributed by atoms with van der Waals surface area (Å²) in [6, 6.07) is 0. The van der Waals surface area contributed by atoms with Crippen LogP contribution in [0.15, 0.2) is 40.3 Å². The molecule has 0 saturated carbocycles. The highest BCUT2D eigenvalue weighted by molar-refractivity contribution is 5.60. The van der Waals surface area contributed by atoms with Crippen molar-refractivity contribution in [1.29, 1.82) is 0 Å². The van der Waals surface area contributed by atoms with Gasteiger partial charge in [-0.05, 0) is 27.7 Å². The van der Waals surface area contributed by atoms with Crippen molar-refractivity contribution in [2.45, 2.75) is 40.7 Å². The molecule has 1 rings (SSSR count). The van der Waals surface area contributed by atoms with E-state index in [9.17, 15) is 0 Å². The van der Waals surface area contributed by atoms with Crippen LogP contribution >= 0.6 is 0 Å². The Morgan fingerprint density at radius 3 is 2.72 bits per heavy atom. The third-order valence-electron chi connectivity index (χ3n) is 2.96. The molecule has 0 bridgehead atoms. The van der Waals surface area contributed by atoms with Gasteiger partial charge in [0.25, 0.3) is 0 Å². The van der Waals surface area contributed by atoms with Crippen LogP contribution < -0.4 is 0 Å². The van der Waals surface area contributed by atoms with Gasteiger partial charge in [0.1, 0.15) is 5.82 Å². The fourth-order valence-electron chi connectivity index (χ4n) is 1.69. The second-order valence-corrected chi connectivity index (χ2v) is 4.56. The zero-order valence-electron chi connectivity index (χ0n) is 11.5. The molecular weight excluding hydrogens is 226 g/mol. The lowest BCUT2D eigenvalue weighted by Crippen LogP contribution is -2.01. The van der Waals surface area contributed by atoms with Gasteiger partial charge >= 0.3 is 0 Å². The molecule has 1 N–H and O–H groups in total. The lowest BCUT2D eigenvalue weighted by Gasteiger charge is -2.08. The van der Waals surface area contributed by atoms with Crippen molar-refractivity contribution in [3.8, 4) is 0 Å². The fraction of sp³-hybridized carbons (Fsp3) is 0.429. The van der Waals surface area contributed by atoms with Gasteiger partial charge < -0.3 is 9.77 Å². The molecule has 0 aliphatic rings. The average Bonchev–Trinajstić information content (AvgIpc) is 2.72. The Hall–Kier alpha value is -1.84. The topological polar surface area (TPSA) is 50.4 Å². The Morgan fingerprint density at radius 2 is 2.17 bits per heavy atom. The summed E-state index contributed by atoms with van der Waals surface area (Å²) in [4.78, 5) is 4.21. The van der Waals surface area contributed by atoms with Crippen molar-refractivity contribution in [2.75, 3.05) is 0 Å². The highest BCUT2D eigenvalue weighted by atomic mass is 16.4. The first-order valence-corrected chi connectivity index (χ1v) is 6.01. The maximum atomic E-state index is 8.38. The number of hydrogen-bond donors (Lipinski definition) is 1. The van der Waals surface area contributed by atoms with Crippen LogP contribution in [0, 0.1) is 6.92 Å². The summed E-state index contributed by atoms with van der Waals surface area (Å²) in [6.07, 6.45) is 8.10. The van der Waals surface area contributed by atoms with Gasteiger partial charge in [0.05, 0.1) is 0 Å². The van der Waals surface area contributed by atoms with Crippen LogP contribution in [0.2, 0.25) is 0 Å². The molecule has 1 aromatic heterocycles. The van der Waals surface area contributed by atoms with E-state index in [1.807, 2.05) is 26.2 Å². The molecule has 0 spiro atoms. The molecule has 4 nitrogen and oxygen atoms in total. The summed E-state index contributed by atoms with van der Waals surface area (Å²) >= 11 is 0. The van der Waals surface area contributed by atoms with Gasteiger partial charge in [0.15, 0.2) is 0 Å². The predicted molar refractivity (Wildman–Crippen MR) is 74.0 cm³/mol. The number of imidazole rings is 1. The monoisotopic (exact) mass is 247 g/mol. The fourth-order valence-corrected chi connectivity index (χ4v) is 1.69. The number of rotatable bonds is 5.